The molecule has 0 aromatic heterocycles. The monoisotopic (exact) mass is 237 g/mol. The smallest absolute Gasteiger partial charge is 0.257 e. The summed E-state index contributed by atoms with van der Waals surface area (Å²) in [5, 5.41) is 9.59. The molecule has 0 heterocycles. The lowest BCUT2D eigenvalue weighted by Crippen LogP contribution is -2.32. The molecule has 92 valence electrons. The Morgan fingerprint density at radius 2 is 2.24 bits per heavy atom. The molecule has 1 amide bonds. The summed E-state index contributed by atoms with van der Waals surface area (Å²) in [6.07, 6.45) is 2.30. The third-order valence-electron chi connectivity index (χ3n) is 3.03. The van der Waals surface area contributed by atoms with E-state index in [-0.39, 0.29) is 17.2 Å². The predicted molar refractivity (Wildman–Crippen MR) is 62.4 cm³/mol. The summed E-state index contributed by atoms with van der Waals surface area (Å²) in [7, 11) is 0. The molecule has 1 fully saturated rings. The zero-order chi connectivity index (χ0) is 12.4. The van der Waals surface area contributed by atoms with Crippen LogP contribution in [0.5, 0.6) is 5.75 Å². The topological polar surface area (TPSA) is 40.5 Å². The van der Waals surface area contributed by atoms with Gasteiger partial charge in [-0.25, -0.2) is 4.39 Å². The summed E-state index contributed by atoms with van der Waals surface area (Å²) in [6.45, 7) is 3.16. The Kier molecular flexibility index (Phi) is 3.31. The van der Waals surface area contributed by atoms with Crippen LogP contribution < -0.4 is 0 Å². The minimum atomic E-state index is -0.506. The molecular weight excluding hydrogens is 221 g/mol. The first-order chi connectivity index (χ1) is 8.11. The number of hydrogen-bond acceptors (Lipinski definition) is 2. The van der Waals surface area contributed by atoms with Crippen LogP contribution >= 0.6 is 0 Å². The van der Waals surface area contributed by atoms with Crippen molar-refractivity contribution in [2.24, 2.45) is 5.92 Å². The van der Waals surface area contributed by atoms with E-state index in [0.717, 1.165) is 25.0 Å². The Morgan fingerprint density at radius 1 is 1.53 bits per heavy atom. The van der Waals surface area contributed by atoms with Crippen LogP contribution in [-0.2, 0) is 0 Å². The van der Waals surface area contributed by atoms with Crippen molar-refractivity contribution in [1.82, 2.24) is 4.90 Å². The molecule has 1 aromatic carbocycles. The second kappa shape index (κ2) is 4.73. The number of hydrogen-bond donors (Lipinski definition) is 1. The molecule has 4 heteroatoms. The maximum Gasteiger partial charge on any atom is 0.257 e. The number of aromatic hydroxyl groups is 1. The van der Waals surface area contributed by atoms with E-state index < -0.39 is 5.82 Å². The van der Waals surface area contributed by atoms with E-state index in [0.29, 0.717) is 19.0 Å². The minimum absolute atomic E-state index is 0.0486. The molecular formula is C13H16FNO2. The van der Waals surface area contributed by atoms with E-state index in [2.05, 4.69) is 0 Å². The van der Waals surface area contributed by atoms with Crippen LogP contribution in [0, 0.1) is 11.7 Å². The van der Waals surface area contributed by atoms with Crippen LogP contribution in [-0.4, -0.2) is 29.0 Å². The Hall–Kier alpha value is -1.58. The average molecular weight is 237 g/mol. The first-order valence-corrected chi connectivity index (χ1v) is 5.89. The summed E-state index contributed by atoms with van der Waals surface area (Å²) in [4.78, 5) is 13.8. The van der Waals surface area contributed by atoms with Gasteiger partial charge in [0, 0.05) is 13.1 Å². The fourth-order valence-corrected chi connectivity index (χ4v) is 1.82. The first kappa shape index (κ1) is 11.9. The lowest BCUT2D eigenvalue weighted by molar-refractivity contribution is 0.0753. The molecule has 0 radical (unpaired) electrons. The molecule has 1 N–H and O–H groups in total. The van der Waals surface area contributed by atoms with Gasteiger partial charge in [-0.2, -0.15) is 0 Å². The van der Waals surface area contributed by atoms with Gasteiger partial charge in [0.05, 0.1) is 5.56 Å². The highest BCUT2D eigenvalue weighted by Gasteiger charge is 2.27. The number of phenols is 1. The SMILES string of the molecule is CCN(CC1CC1)C(=O)c1cc(F)ccc1O. The van der Waals surface area contributed by atoms with E-state index >= 15 is 0 Å². The van der Waals surface area contributed by atoms with Crippen molar-refractivity contribution >= 4 is 5.91 Å². The highest BCUT2D eigenvalue weighted by molar-refractivity contribution is 5.96. The first-order valence-electron chi connectivity index (χ1n) is 5.89. The van der Waals surface area contributed by atoms with E-state index in [1.807, 2.05) is 6.92 Å². The highest BCUT2D eigenvalue weighted by Crippen LogP contribution is 2.30. The summed E-state index contributed by atoms with van der Waals surface area (Å²) in [5.41, 5.74) is 0.0486. The lowest BCUT2D eigenvalue weighted by atomic mass is 10.1. The van der Waals surface area contributed by atoms with E-state index in [9.17, 15) is 14.3 Å². The average Bonchev–Trinajstić information content (AvgIpc) is 3.12. The highest BCUT2D eigenvalue weighted by atomic mass is 19.1. The second-order valence-corrected chi connectivity index (χ2v) is 4.45. The van der Waals surface area contributed by atoms with Crippen LogP contribution in [0.25, 0.3) is 0 Å². The number of benzene rings is 1. The van der Waals surface area contributed by atoms with Crippen LogP contribution in [0.15, 0.2) is 18.2 Å². The van der Waals surface area contributed by atoms with Gasteiger partial charge in [-0.15, -0.1) is 0 Å². The molecule has 1 saturated carbocycles. The fraction of sp³-hybridized carbons (Fsp3) is 0.462. The number of phenolic OH excluding ortho intramolecular Hbond substituents is 1. The summed E-state index contributed by atoms with van der Waals surface area (Å²) >= 11 is 0. The van der Waals surface area contributed by atoms with E-state index in [1.165, 1.54) is 6.07 Å². The van der Waals surface area contributed by atoms with Gasteiger partial charge < -0.3 is 10.0 Å². The molecule has 0 bridgehead atoms. The second-order valence-electron chi connectivity index (χ2n) is 4.45. The number of rotatable bonds is 4. The van der Waals surface area contributed by atoms with Crippen molar-refractivity contribution in [3.05, 3.63) is 29.6 Å². The summed E-state index contributed by atoms with van der Waals surface area (Å²) < 4.78 is 13.1. The third-order valence-corrected chi connectivity index (χ3v) is 3.03. The normalized spacial score (nSPS) is 14.7. The van der Waals surface area contributed by atoms with Crippen molar-refractivity contribution in [2.75, 3.05) is 13.1 Å². The molecule has 2 rings (SSSR count). The molecule has 0 atom stereocenters. The van der Waals surface area contributed by atoms with Crippen LogP contribution in [0.2, 0.25) is 0 Å². The Morgan fingerprint density at radius 3 is 2.82 bits per heavy atom. The Labute approximate surface area is 99.9 Å². The maximum absolute atomic E-state index is 13.1. The predicted octanol–water partition coefficient (Wildman–Crippen LogP) is 2.40. The van der Waals surface area contributed by atoms with Crippen LogP contribution in [0.4, 0.5) is 4.39 Å². The minimum Gasteiger partial charge on any atom is -0.507 e. The number of carbonyl (C=O) groups excluding carboxylic acids is 1. The quantitative estimate of drug-likeness (QED) is 0.873. The van der Waals surface area contributed by atoms with Gasteiger partial charge >= 0.3 is 0 Å². The number of amides is 1. The number of halogens is 1. The fourth-order valence-electron chi connectivity index (χ4n) is 1.82. The molecule has 0 unspecified atom stereocenters. The van der Waals surface area contributed by atoms with Gasteiger partial charge in [-0.3, -0.25) is 4.79 Å². The maximum atomic E-state index is 13.1. The van der Waals surface area contributed by atoms with Crippen molar-refractivity contribution in [1.29, 1.82) is 0 Å². The zero-order valence-corrected chi connectivity index (χ0v) is 9.82. The molecule has 1 aliphatic rings. The molecule has 1 aliphatic carbocycles. The van der Waals surface area contributed by atoms with Gasteiger partial charge in [0.1, 0.15) is 11.6 Å². The van der Waals surface area contributed by atoms with E-state index in [1.54, 1.807) is 4.90 Å². The van der Waals surface area contributed by atoms with E-state index in [4.69, 9.17) is 0 Å². The largest absolute Gasteiger partial charge is 0.507 e. The van der Waals surface area contributed by atoms with Crippen LogP contribution in [0.1, 0.15) is 30.1 Å². The zero-order valence-electron chi connectivity index (χ0n) is 9.82. The molecule has 1 aromatic rings. The standard InChI is InChI=1S/C13H16FNO2/c1-2-15(8-9-3-4-9)13(17)11-7-10(14)5-6-12(11)16/h5-7,9,16H,2-4,8H2,1H3. The molecule has 0 spiro atoms. The lowest BCUT2D eigenvalue weighted by Gasteiger charge is -2.21. The van der Waals surface area contributed by atoms with Crippen molar-refractivity contribution in [3.8, 4) is 5.75 Å². The molecule has 3 nitrogen and oxygen atoms in total. The number of carbonyl (C=O) groups is 1. The molecule has 17 heavy (non-hydrogen) atoms. The van der Waals surface area contributed by atoms with Gasteiger partial charge in [-0.1, -0.05) is 0 Å². The van der Waals surface area contributed by atoms with Crippen LogP contribution in [0.3, 0.4) is 0 Å². The molecule has 0 aliphatic heterocycles. The van der Waals surface area contributed by atoms with Crippen molar-refractivity contribution in [2.45, 2.75) is 19.8 Å². The van der Waals surface area contributed by atoms with Gasteiger partial charge in [0.2, 0.25) is 0 Å². The van der Waals surface area contributed by atoms with Crippen molar-refractivity contribution in [3.63, 3.8) is 0 Å². The van der Waals surface area contributed by atoms with Gasteiger partial charge in [-0.05, 0) is 43.9 Å². The Balaban J connectivity index is 2.18. The van der Waals surface area contributed by atoms with Crippen molar-refractivity contribution < 1.29 is 14.3 Å². The van der Waals surface area contributed by atoms with Gasteiger partial charge in [0.15, 0.2) is 0 Å². The third kappa shape index (κ3) is 2.75. The Bertz CT molecular complexity index is 429. The molecule has 0 saturated heterocycles. The summed E-state index contributed by atoms with van der Waals surface area (Å²) in [6, 6.07) is 3.45. The number of nitrogens with zero attached hydrogens (tertiary/aromatic N) is 1. The summed E-state index contributed by atoms with van der Waals surface area (Å²) in [5.74, 6) is -0.384. The van der Waals surface area contributed by atoms with Gasteiger partial charge in [0.25, 0.3) is 5.91 Å².